The fourth-order valence-electron chi connectivity index (χ4n) is 5.52. The summed E-state index contributed by atoms with van der Waals surface area (Å²) in [5.41, 5.74) is 3.00. The molecule has 0 aliphatic heterocycles. The zero-order chi connectivity index (χ0) is 24.8. The molecule has 0 heterocycles. The summed E-state index contributed by atoms with van der Waals surface area (Å²) in [6.07, 6.45) is 12.0. The minimum atomic E-state index is -0.931. The van der Waals surface area contributed by atoms with Crippen molar-refractivity contribution in [3.05, 3.63) is 95.6 Å². The first-order valence-electron chi connectivity index (χ1n) is 12.9. The molecule has 4 rings (SSSR count). The standard InChI is InChI=1S/C31H35F3O/c1-3-5-7-21-8-6-9-22(11-10-21)25-16-17-26(28(32)20-25)23-12-14-24(15-13-23)27-18-19-29(35-4-2)31(34)30(27)33/h3,12-17,19-22,27H,1,4-11,18H2,2H3. The van der Waals surface area contributed by atoms with Gasteiger partial charge in [-0.2, -0.15) is 4.39 Å². The molecule has 0 saturated heterocycles. The van der Waals surface area contributed by atoms with Crippen LogP contribution in [-0.4, -0.2) is 6.61 Å². The summed E-state index contributed by atoms with van der Waals surface area (Å²) >= 11 is 0. The molecular formula is C31H35F3O. The Labute approximate surface area is 207 Å². The minimum Gasteiger partial charge on any atom is -0.491 e. The van der Waals surface area contributed by atoms with Crippen molar-refractivity contribution in [1.29, 1.82) is 0 Å². The number of rotatable bonds is 8. The van der Waals surface area contributed by atoms with Crippen LogP contribution < -0.4 is 0 Å². The molecule has 0 aromatic heterocycles. The summed E-state index contributed by atoms with van der Waals surface area (Å²) in [4.78, 5) is 0. The normalized spacial score (nSPS) is 23.0. The van der Waals surface area contributed by atoms with E-state index in [1.165, 1.54) is 25.7 Å². The van der Waals surface area contributed by atoms with Crippen LogP contribution >= 0.6 is 0 Å². The summed E-state index contributed by atoms with van der Waals surface area (Å²) in [7, 11) is 0. The molecule has 0 spiro atoms. The van der Waals surface area contributed by atoms with Gasteiger partial charge in [0.1, 0.15) is 11.6 Å². The molecule has 0 radical (unpaired) electrons. The lowest BCUT2D eigenvalue weighted by Gasteiger charge is -2.21. The maximum atomic E-state index is 15.2. The number of ether oxygens (including phenoxy) is 1. The highest BCUT2D eigenvalue weighted by Crippen LogP contribution is 2.40. The Hall–Kier alpha value is -2.75. The Morgan fingerprint density at radius 2 is 1.74 bits per heavy atom. The van der Waals surface area contributed by atoms with Gasteiger partial charge in [0, 0.05) is 11.5 Å². The summed E-state index contributed by atoms with van der Waals surface area (Å²) in [6, 6.07) is 12.7. The molecular weight excluding hydrogens is 445 g/mol. The number of hydrogen-bond donors (Lipinski definition) is 0. The fourth-order valence-corrected chi connectivity index (χ4v) is 5.52. The zero-order valence-corrected chi connectivity index (χ0v) is 20.5. The smallest absolute Gasteiger partial charge is 0.196 e. The van der Waals surface area contributed by atoms with Crippen molar-refractivity contribution in [1.82, 2.24) is 0 Å². The first-order valence-corrected chi connectivity index (χ1v) is 12.9. The average Bonchev–Trinajstić information content (AvgIpc) is 3.12. The van der Waals surface area contributed by atoms with Crippen LogP contribution in [0.3, 0.4) is 0 Å². The molecule has 3 unspecified atom stereocenters. The summed E-state index contributed by atoms with van der Waals surface area (Å²) < 4.78 is 49.3. The highest BCUT2D eigenvalue weighted by atomic mass is 19.2. The Balaban J connectivity index is 1.45. The SMILES string of the molecule is C=CCCC1CCCC(c2ccc(-c3ccc(C4CC=C(OCC)C(F)=C4F)cc3)c(F)c2)CC1. The van der Waals surface area contributed by atoms with E-state index in [0.717, 1.165) is 36.3 Å². The molecule has 35 heavy (non-hydrogen) atoms. The molecule has 1 fully saturated rings. The average molecular weight is 481 g/mol. The van der Waals surface area contributed by atoms with Gasteiger partial charge in [0.15, 0.2) is 11.6 Å². The second-order valence-corrected chi connectivity index (χ2v) is 9.75. The number of halogens is 3. The lowest BCUT2D eigenvalue weighted by atomic mass is 9.88. The van der Waals surface area contributed by atoms with Gasteiger partial charge >= 0.3 is 0 Å². The first-order chi connectivity index (χ1) is 17.0. The van der Waals surface area contributed by atoms with Crippen molar-refractivity contribution < 1.29 is 17.9 Å². The Bertz CT molecular complexity index is 1080. The van der Waals surface area contributed by atoms with Gasteiger partial charge in [0.25, 0.3) is 0 Å². The minimum absolute atomic E-state index is 0.0269. The molecule has 0 N–H and O–H groups in total. The molecule has 2 aliphatic carbocycles. The zero-order valence-electron chi connectivity index (χ0n) is 20.5. The van der Waals surface area contributed by atoms with Crippen LogP contribution in [0.5, 0.6) is 0 Å². The van der Waals surface area contributed by atoms with Gasteiger partial charge in [-0.3, -0.25) is 0 Å². The Morgan fingerprint density at radius 1 is 0.971 bits per heavy atom. The van der Waals surface area contributed by atoms with Crippen molar-refractivity contribution in [3.8, 4) is 11.1 Å². The van der Waals surface area contributed by atoms with Crippen LogP contribution in [0.2, 0.25) is 0 Å². The number of benzene rings is 2. The van der Waals surface area contributed by atoms with E-state index in [9.17, 15) is 8.78 Å². The van der Waals surface area contributed by atoms with Crippen molar-refractivity contribution in [3.63, 3.8) is 0 Å². The van der Waals surface area contributed by atoms with E-state index < -0.39 is 17.6 Å². The third-order valence-corrected chi connectivity index (χ3v) is 7.53. The first kappa shape index (κ1) is 25.3. The van der Waals surface area contributed by atoms with E-state index >= 15 is 4.39 Å². The van der Waals surface area contributed by atoms with Crippen molar-refractivity contribution in [2.45, 2.75) is 70.1 Å². The second-order valence-electron chi connectivity index (χ2n) is 9.75. The van der Waals surface area contributed by atoms with E-state index in [4.69, 9.17) is 4.74 Å². The van der Waals surface area contributed by atoms with Gasteiger partial charge in [-0.25, -0.2) is 8.78 Å². The maximum Gasteiger partial charge on any atom is 0.196 e. The van der Waals surface area contributed by atoms with Crippen LogP contribution in [0, 0.1) is 11.7 Å². The molecule has 186 valence electrons. The van der Waals surface area contributed by atoms with Crippen LogP contribution in [0.25, 0.3) is 11.1 Å². The molecule has 0 amide bonds. The highest BCUT2D eigenvalue weighted by molar-refractivity contribution is 5.65. The molecule has 2 aromatic carbocycles. The van der Waals surface area contributed by atoms with Gasteiger partial charge in [0.2, 0.25) is 0 Å². The number of hydrogen-bond acceptors (Lipinski definition) is 1. The van der Waals surface area contributed by atoms with Gasteiger partial charge in [0.05, 0.1) is 6.61 Å². The van der Waals surface area contributed by atoms with Crippen LogP contribution in [0.4, 0.5) is 13.2 Å². The molecule has 4 heteroatoms. The largest absolute Gasteiger partial charge is 0.491 e. The van der Waals surface area contributed by atoms with Crippen molar-refractivity contribution in [2.24, 2.45) is 5.92 Å². The van der Waals surface area contributed by atoms with E-state index in [2.05, 4.69) is 12.6 Å². The van der Waals surface area contributed by atoms with Crippen LogP contribution in [0.15, 0.2) is 78.6 Å². The molecule has 3 atom stereocenters. The lowest BCUT2D eigenvalue weighted by molar-refractivity contribution is 0.215. The molecule has 2 aliphatic rings. The van der Waals surface area contributed by atoms with E-state index in [1.807, 2.05) is 12.1 Å². The Morgan fingerprint density at radius 3 is 2.46 bits per heavy atom. The quantitative estimate of drug-likeness (QED) is 0.270. The highest BCUT2D eigenvalue weighted by Gasteiger charge is 2.28. The third-order valence-electron chi connectivity index (χ3n) is 7.53. The van der Waals surface area contributed by atoms with Crippen molar-refractivity contribution >= 4 is 0 Å². The number of allylic oxidation sites excluding steroid dienone is 4. The van der Waals surface area contributed by atoms with E-state index in [-0.39, 0.29) is 18.2 Å². The maximum absolute atomic E-state index is 15.2. The Kier molecular flexibility index (Phi) is 8.54. The second kappa shape index (κ2) is 11.8. The van der Waals surface area contributed by atoms with Crippen LogP contribution in [-0.2, 0) is 4.74 Å². The van der Waals surface area contributed by atoms with Gasteiger partial charge in [-0.1, -0.05) is 55.3 Å². The summed E-state index contributed by atoms with van der Waals surface area (Å²) in [5, 5.41) is 0. The molecule has 0 bridgehead atoms. The summed E-state index contributed by atoms with van der Waals surface area (Å²) in [5.74, 6) is -1.54. The predicted octanol–water partition coefficient (Wildman–Crippen LogP) is 9.68. The van der Waals surface area contributed by atoms with Gasteiger partial charge in [-0.15, -0.1) is 6.58 Å². The van der Waals surface area contributed by atoms with E-state index in [0.29, 0.717) is 23.5 Å². The van der Waals surface area contributed by atoms with Crippen LogP contribution in [0.1, 0.15) is 81.3 Å². The van der Waals surface area contributed by atoms with Gasteiger partial charge < -0.3 is 4.74 Å². The molecule has 1 nitrogen and oxygen atoms in total. The van der Waals surface area contributed by atoms with E-state index in [1.54, 1.807) is 43.3 Å². The fraction of sp³-hybridized carbons (Fsp3) is 0.419. The van der Waals surface area contributed by atoms with Gasteiger partial charge in [-0.05, 0) is 86.1 Å². The lowest BCUT2D eigenvalue weighted by Crippen LogP contribution is -2.08. The third kappa shape index (κ3) is 5.91. The molecule has 1 saturated carbocycles. The topological polar surface area (TPSA) is 9.23 Å². The summed E-state index contributed by atoms with van der Waals surface area (Å²) in [6.45, 7) is 5.86. The predicted molar refractivity (Wildman–Crippen MR) is 137 cm³/mol. The monoisotopic (exact) mass is 480 g/mol. The molecule has 2 aromatic rings. The van der Waals surface area contributed by atoms with Crippen molar-refractivity contribution in [2.75, 3.05) is 6.61 Å².